The molecule has 0 amide bonds. The second kappa shape index (κ2) is 8.78. The van der Waals surface area contributed by atoms with E-state index in [4.69, 9.17) is 21.1 Å². The summed E-state index contributed by atoms with van der Waals surface area (Å²) >= 11 is 10.2. The maximum absolute atomic E-state index is 6.40. The van der Waals surface area contributed by atoms with Crippen molar-refractivity contribution in [1.82, 2.24) is 0 Å². The van der Waals surface area contributed by atoms with Crippen LogP contribution in [-0.2, 0) is 0 Å². The minimum absolute atomic E-state index is 0.242. The molecular formula is C16H24BrClO2. The zero-order valence-electron chi connectivity index (χ0n) is 12.7. The Bertz CT molecular complexity index is 423. The highest BCUT2D eigenvalue weighted by atomic mass is 79.9. The van der Waals surface area contributed by atoms with Crippen molar-refractivity contribution in [2.24, 2.45) is 5.92 Å². The number of benzene rings is 1. The number of hydrogen-bond donors (Lipinski definition) is 0. The third kappa shape index (κ3) is 4.29. The number of halogens is 2. The molecular weight excluding hydrogens is 340 g/mol. The molecule has 4 heteroatoms. The Morgan fingerprint density at radius 2 is 1.75 bits per heavy atom. The molecule has 0 aliphatic heterocycles. The van der Waals surface area contributed by atoms with Crippen LogP contribution in [0, 0.1) is 5.92 Å². The normalized spacial score (nSPS) is 13.9. The van der Waals surface area contributed by atoms with Crippen molar-refractivity contribution in [3.8, 4) is 11.5 Å². The molecule has 1 rings (SSSR count). The van der Waals surface area contributed by atoms with E-state index in [2.05, 4.69) is 29.8 Å². The molecule has 114 valence electrons. The van der Waals surface area contributed by atoms with E-state index >= 15 is 0 Å². The molecule has 2 nitrogen and oxygen atoms in total. The van der Waals surface area contributed by atoms with Crippen LogP contribution in [0.3, 0.4) is 0 Å². The molecule has 0 bridgehead atoms. The maximum atomic E-state index is 6.40. The molecule has 0 N–H and O–H groups in total. The quantitative estimate of drug-likeness (QED) is 0.526. The lowest BCUT2D eigenvalue weighted by Gasteiger charge is -2.23. The fraction of sp³-hybridized carbons (Fsp3) is 0.625. The Labute approximate surface area is 135 Å². The molecule has 0 aliphatic rings. The van der Waals surface area contributed by atoms with Crippen LogP contribution in [-0.4, -0.2) is 14.2 Å². The highest BCUT2D eigenvalue weighted by Gasteiger charge is 2.22. The summed E-state index contributed by atoms with van der Waals surface area (Å²) in [5.41, 5.74) is 1.08. The first-order valence-corrected chi connectivity index (χ1v) is 8.43. The molecule has 1 aromatic rings. The van der Waals surface area contributed by atoms with Crippen molar-refractivity contribution in [2.75, 3.05) is 14.2 Å². The zero-order chi connectivity index (χ0) is 15.1. The zero-order valence-corrected chi connectivity index (χ0v) is 15.1. The summed E-state index contributed by atoms with van der Waals surface area (Å²) in [6.45, 7) is 4.45. The smallest absolute Gasteiger partial charge is 0.162 e. The van der Waals surface area contributed by atoms with Crippen molar-refractivity contribution >= 4 is 27.5 Å². The number of hydrogen-bond acceptors (Lipinski definition) is 2. The standard InChI is InChI=1S/C16H24BrClO2/c1-5-7-8-11(6-2)16(17)12-9-14(19-3)15(20-4)10-13(12)18/h9-11,16H,5-8H2,1-4H3. The first kappa shape index (κ1) is 17.6. The van der Waals surface area contributed by atoms with Crippen LogP contribution in [0.15, 0.2) is 12.1 Å². The van der Waals surface area contributed by atoms with Crippen molar-refractivity contribution in [3.63, 3.8) is 0 Å². The number of rotatable bonds is 8. The van der Waals surface area contributed by atoms with Crippen LogP contribution in [0.5, 0.6) is 11.5 Å². The van der Waals surface area contributed by atoms with Crippen LogP contribution in [0.4, 0.5) is 0 Å². The van der Waals surface area contributed by atoms with E-state index in [1.165, 1.54) is 19.3 Å². The van der Waals surface area contributed by atoms with E-state index in [-0.39, 0.29) is 4.83 Å². The van der Waals surface area contributed by atoms with Gasteiger partial charge in [0.1, 0.15) is 0 Å². The molecule has 0 radical (unpaired) electrons. The molecule has 20 heavy (non-hydrogen) atoms. The van der Waals surface area contributed by atoms with E-state index in [0.717, 1.165) is 22.8 Å². The van der Waals surface area contributed by atoms with Gasteiger partial charge in [0.15, 0.2) is 11.5 Å². The van der Waals surface area contributed by atoms with E-state index < -0.39 is 0 Å². The van der Waals surface area contributed by atoms with Crippen LogP contribution < -0.4 is 9.47 Å². The van der Waals surface area contributed by atoms with Gasteiger partial charge in [-0.25, -0.2) is 0 Å². The van der Waals surface area contributed by atoms with Crippen molar-refractivity contribution in [3.05, 3.63) is 22.7 Å². The summed E-state index contributed by atoms with van der Waals surface area (Å²) < 4.78 is 10.7. The van der Waals surface area contributed by atoms with Gasteiger partial charge in [-0.3, -0.25) is 0 Å². The molecule has 0 aromatic heterocycles. The van der Waals surface area contributed by atoms with Crippen molar-refractivity contribution in [2.45, 2.75) is 44.4 Å². The lowest BCUT2D eigenvalue weighted by atomic mass is 9.91. The molecule has 0 fully saturated rings. The Morgan fingerprint density at radius 3 is 2.25 bits per heavy atom. The highest BCUT2D eigenvalue weighted by Crippen LogP contribution is 2.43. The van der Waals surface area contributed by atoms with Crippen LogP contribution in [0.25, 0.3) is 0 Å². The SMILES string of the molecule is CCCCC(CC)C(Br)c1cc(OC)c(OC)cc1Cl. The molecule has 2 atom stereocenters. The summed E-state index contributed by atoms with van der Waals surface area (Å²) in [7, 11) is 3.27. The van der Waals surface area contributed by atoms with Gasteiger partial charge in [-0.1, -0.05) is 60.6 Å². The summed E-state index contributed by atoms with van der Waals surface area (Å²) in [5, 5.41) is 0.722. The van der Waals surface area contributed by atoms with Gasteiger partial charge in [-0.05, 0) is 24.0 Å². The monoisotopic (exact) mass is 362 g/mol. The molecule has 0 heterocycles. The highest BCUT2D eigenvalue weighted by molar-refractivity contribution is 9.09. The lowest BCUT2D eigenvalue weighted by molar-refractivity contribution is 0.354. The maximum Gasteiger partial charge on any atom is 0.162 e. The third-order valence-corrected chi connectivity index (χ3v) is 5.23. The van der Waals surface area contributed by atoms with Gasteiger partial charge in [-0.15, -0.1) is 0 Å². The van der Waals surface area contributed by atoms with Gasteiger partial charge in [0.2, 0.25) is 0 Å². The molecule has 0 spiro atoms. The summed E-state index contributed by atoms with van der Waals surface area (Å²) in [6, 6.07) is 3.81. The van der Waals surface area contributed by atoms with Crippen molar-refractivity contribution < 1.29 is 9.47 Å². The average Bonchev–Trinajstić information content (AvgIpc) is 2.47. The van der Waals surface area contributed by atoms with Gasteiger partial charge in [0.05, 0.1) is 14.2 Å². The molecule has 0 aliphatic carbocycles. The Balaban J connectivity index is 3.04. The van der Waals surface area contributed by atoms with E-state index in [1.807, 2.05) is 12.1 Å². The number of ether oxygens (including phenoxy) is 2. The fourth-order valence-electron chi connectivity index (χ4n) is 2.36. The minimum Gasteiger partial charge on any atom is -0.493 e. The first-order valence-electron chi connectivity index (χ1n) is 7.14. The Hall–Kier alpha value is -0.410. The Kier molecular flexibility index (Phi) is 7.75. The van der Waals surface area contributed by atoms with Crippen molar-refractivity contribution in [1.29, 1.82) is 0 Å². The predicted octanol–water partition coefficient (Wildman–Crippen LogP) is 6.01. The van der Waals surface area contributed by atoms with E-state index in [9.17, 15) is 0 Å². The van der Waals surface area contributed by atoms with Crippen LogP contribution in [0.1, 0.15) is 49.9 Å². The van der Waals surface area contributed by atoms with Crippen LogP contribution in [0.2, 0.25) is 5.02 Å². The minimum atomic E-state index is 0.242. The predicted molar refractivity (Wildman–Crippen MR) is 89.5 cm³/mol. The van der Waals surface area contributed by atoms with Gasteiger partial charge in [-0.2, -0.15) is 0 Å². The largest absolute Gasteiger partial charge is 0.493 e. The van der Waals surface area contributed by atoms with Gasteiger partial charge in [0, 0.05) is 15.9 Å². The van der Waals surface area contributed by atoms with E-state index in [0.29, 0.717) is 11.7 Å². The van der Waals surface area contributed by atoms with E-state index in [1.54, 1.807) is 14.2 Å². The third-order valence-electron chi connectivity index (χ3n) is 3.67. The second-order valence-corrected chi connectivity index (χ2v) is 6.33. The molecule has 2 unspecified atom stereocenters. The summed E-state index contributed by atoms with van der Waals surface area (Å²) in [4.78, 5) is 0.242. The lowest BCUT2D eigenvalue weighted by Crippen LogP contribution is -2.08. The van der Waals surface area contributed by atoms with Gasteiger partial charge < -0.3 is 9.47 Å². The second-order valence-electron chi connectivity index (χ2n) is 4.94. The summed E-state index contributed by atoms with van der Waals surface area (Å²) in [5.74, 6) is 1.97. The molecule has 0 saturated carbocycles. The summed E-state index contributed by atoms with van der Waals surface area (Å²) in [6.07, 6.45) is 4.79. The first-order chi connectivity index (χ1) is 9.58. The van der Waals surface area contributed by atoms with Gasteiger partial charge >= 0.3 is 0 Å². The topological polar surface area (TPSA) is 18.5 Å². The Morgan fingerprint density at radius 1 is 1.15 bits per heavy atom. The molecule has 1 aromatic carbocycles. The number of unbranched alkanes of at least 4 members (excludes halogenated alkanes) is 1. The average molecular weight is 364 g/mol. The van der Waals surface area contributed by atoms with Crippen LogP contribution >= 0.6 is 27.5 Å². The van der Waals surface area contributed by atoms with Gasteiger partial charge in [0.25, 0.3) is 0 Å². The fourth-order valence-corrected chi connectivity index (χ4v) is 3.78. The number of alkyl halides is 1. The molecule has 0 saturated heterocycles. The number of methoxy groups -OCH3 is 2.